The molecule has 0 aliphatic heterocycles. The number of aromatic nitrogens is 2. The molecule has 5 heteroatoms. The van der Waals surface area contributed by atoms with Crippen molar-refractivity contribution >= 4 is 17.8 Å². The van der Waals surface area contributed by atoms with Gasteiger partial charge in [-0.2, -0.15) is 5.10 Å². The van der Waals surface area contributed by atoms with Gasteiger partial charge in [-0.05, 0) is 50.5 Å². The maximum absolute atomic E-state index is 12.0. The molecule has 0 bridgehead atoms. The van der Waals surface area contributed by atoms with Crippen molar-refractivity contribution in [2.75, 3.05) is 6.61 Å². The maximum Gasteiger partial charge on any atom is 0.309 e. The van der Waals surface area contributed by atoms with Crippen LogP contribution in [0.3, 0.4) is 0 Å². The third-order valence-corrected chi connectivity index (χ3v) is 5.12. The molecule has 5 nitrogen and oxygen atoms in total. The predicted molar refractivity (Wildman–Crippen MR) is 86.7 cm³/mol. The van der Waals surface area contributed by atoms with Crippen LogP contribution in [-0.4, -0.2) is 29.1 Å². The van der Waals surface area contributed by atoms with Gasteiger partial charge in [0.05, 0.1) is 18.2 Å². The van der Waals surface area contributed by atoms with Crippen molar-refractivity contribution in [3.63, 3.8) is 0 Å². The van der Waals surface area contributed by atoms with Crippen molar-refractivity contribution < 1.29 is 14.3 Å². The van der Waals surface area contributed by atoms with Gasteiger partial charge in [0.2, 0.25) is 0 Å². The van der Waals surface area contributed by atoms with Gasteiger partial charge in [0.1, 0.15) is 6.29 Å². The molecule has 2 aliphatic carbocycles. The van der Waals surface area contributed by atoms with Crippen molar-refractivity contribution in [3.05, 3.63) is 23.0 Å². The monoisotopic (exact) mass is 316 g/mol. The summed E-state index contributed by atoms with van der Waals surface area (Å²) in [5, 5.41) is 7.62. The SMILES string of the molecule is CCOC(=O)[C@@H]1CC=C(c2n[nH]c3c2CCC(C=O)C3)C[C@@H]1C. The fourth-order valence-corrected chi connectivity index (χ4v) is 3.76. The summed E-state index contributed by atoms with van der Waals surface area (Å²) in [6, 6.07) is 0. The molecule has 3 atom stereocenters. The van der Waals surface area contributed by atoms with E-state index in [1.807, 2.05) is 6.92 Å². The number of carbonyl (C=O) groups is 2. The summed E-state index contributed by atoms with van der Waals surface area (Å²) >= 11 is 0. The molecular formula is C18H24N2O3. The minimum Gasteiger partial charge on any atom is -0.466 e. The van der Waals surface area contributed by atoms with Gasteiger partial charge in [0.15, 0.2) is 0 Å². The number of carbonyl (C=O) groups excluding carboxylic acids is 2. The smallest absolute Gasteiger partial charge is 0.309 e. The number of ether oxygens (including phenoxy) is 1. The lowest BCUT2D eigenvalue weighted by Gasteiger charge is -2.27. The highest BCUT2D eigenvalue weighted by atomic mass is 16.5. The molecule has 0 fully saturated rings. The molecular weight excluding hydrogens is 292 g/mol. The van der Waals surface area contributed by atoms with E-state index >= 15 is 0 Å². The van der Waals surface area contributed by atoms with Crippen LogP contribution < -0.4 is 0 Å². The van der Waals surface area contributed by atoms with Gasteiger partial charge in [-0.25, -0.2) is 0 Å². The molecule has 1 aromatic rings. The molecule has 0 radical (unpaired) electrons. The van der Waals surface area contributed by atoms with E-state index in [0.29, 0.717) is 13.0 Å². The van der Waals surface area contributed by atoms with Crippen molar-refractivity contribution in [3.8, 4) is 0 Å². The van der Waals surface area contributed by atoms with Crippen LogP contribution in [0, 0.1) is 17.8 Å². The van der Waals surface area contributed by atoms with Crippen LogP contribution in [0.25, 0.3) is 5.57 Å². The molecule has 0 saturated heterocycles. The van der Waals surface area contributed by atoms with E-state index in [4.69, 9.17) is 4.74 Å². The van der Waals surface area contributed by atoms with E-state index in [-0.39, 0.29) is 23.7 Å². The molecule has 0 aromatic carbocycles. The Morgan fingerprint density at radius 2 is 2.30 bits per heavy atom. The highest BCUT2D eigenvalue weighted by Crippen LogP contribution is 2.38. The van der Waals surface area contributed by atoms with Gasteiger partial charge in [0.25, 0.3) is 0 Å². The average Bonchev–Trinajstić information content (AvgIpc) is 2.97. The summed E-state index contributed by atoms with van der Waals surface area (Å²) in [5.41, 5.74) is 4.62. The number of aromatic amines is 1. The zero-order chi connectivity index (χ0) is 16.4. The summed E-state index contributed by atoms with van der Waals surface area (Å²) in [5.74, 6) is 0.233. The zero-order valence-electron chi connectivity index (χ0n) is 13.8. The van der Waals surface area contributed by atoms with Crippen LogP contribution >= 0.6 is 0 Å². The topological polar surface area (TPSA) is 72.0 Å². The molecule has 0 amide bonds. The summed E-state index contributed by atoms with van der Waals surface area (Å²) in [6.07, 6.45) is 7.32. The third-order valence-electron chi connectivity index (χ3n) is 5.12. The van der Waals surface area contributed by atoms with E-state index in [0.717, 1.165) is 43.4 Å². The Morgan fingerprint density at radius 3 is 3.00 bits per heavy atom. The van der Waals surface area contributed by atoms with E-state index < -0.39 is 0 Å². The third kappa shape index (κ3) is 3.09. The lowest BCUT2D eigenvalue weighted by atomic mass is 9.78. The van der Waals surface area contributed by atoms with Crippen LogP contribution in [0.4, 0.5) is 0 Å². The second kappa shape index (κ2) is 6.69. The minimum atomic E-state index is -0.0896. The van der Waals surface area contributed by atoms with Crippen molar-refractivity contribution in [1.82, 2.24) is 10.2 Å². The molecule has 3 rings (SSSR count). The van der Waals surface area contributed by atoms with Crippen molar-refractivity contribution in [2.24, 2.45) is 17.8 Å². The molecule has 1 heterocycles. The Labute approximate surface area is 136 Å². The first-order valence-corrected chi connectivity index (χ1v) is 8.51. The van der Waals surface area contributed by atoms with Gasteiger partial charge < -0.3 is 9.53 Å². The van der Waals surface area contributed by atoms with E-state index in [2.05, 4.69) is 23.2 Å². The summed E-state index contributed by atoms with van der Waals surface area (Å²) < 4.78 is 5.17. The van der Waals surface area contributed by atoms with Crippen LogP contribution in [0.15, 0.2) is 6.08 Å². The normalized spacial score (nSPS) is 27.0. The minimum absolute atomic E-state index is 0.0482. The Bertz CT molecular complexity index is 632. The van der Waals surface area contributed by atoms with E-state index in [9.17, 15) is 9.59 Å². The molecule has 23 heavy (non-hydrogen) atoms. The quantitative estimate of drug-likeness (QED) is 0.685. The number of allylic oxidation sites excluding steroid dienone is 2. The van der Waals surface area contributed by atoms with Gasteiger partial charge in [0, 0.05) is 17.2 Å². The molecule has 1 N–H and O–H groups in total. The van der Waals surface area contributed by atoms with E-state index in [1.165, 1.54) is 11.1 Å². The maximum atomic E-state index is 12.0. The summed E-state index contributed by atoms with van der Waals surface area (Å²) in [4.78, 5) is 23.0. The lowest BCUT2D eigenvalue weighted by Crippen LogP contribution is -2.26. The Kier molecular flexibility index (Phi) is 4.64. The number of H-pyrrole nitrogens is 1. The number of rotatable bonds is 4. The van der Waals surface area contributed by atoms with Crippen molar-refractivity contribution in [2.45, 2.75) is 46.0 Å². The second-order valence-corrected chi connectivity index (χ2v) is 6.67. The number of aldehydes is 1. The molecule has 1 aromatic heterocycles. The van der Waals surface area contributed by atoms with Crippen LogP contribution in [0.5, 0.6) is 0 Å². The van der Waals surface area contributed by atoms with Gasteiger partial charge >= 0.3 is 5.97 Å². The summed E-state index contributed by atoms with van der Waals surface area (Å²) in [7, 11) is 0. The number of nitrogens with zero attached hydrogens (tertiary/aromatic N) is 1. The Hall–Kier alpha value is -1.91. The molecule has 0 saturated carbocycles. The second-order valence-electron chi connectivity index (χ2n) is 6.67. The number of nitrogens with one attached hydrogen (secondary N) is 1. The predicted octanol–water partition coefficient (Wildman–Crippen LogP) is 2.71. The highest BCUT2D eigenvalue weighted by molar-refractivity contribution is 5.76. The fraction of sp³-hybridized carbons (Fsp3) is 0.611. The molecule has 1 unspecified atom stereocenters. The van der Waals surface area contributed by atoms with E-state index in [1.54, 1.807) is 0 Å². The van der Waals surface area contributed by atoms with Crippen LogP contribution in [0.2, 0.25) is 0 Å². The number of hydrogen-bond donors (Lipinski definition) is 1. The fourth-order valence-electron chi connectivity index (χ4n) is 3.76. The van der Waals surface area contributed by atoms with Crippen molar-refractivity contribution in [1.29, 1.82) is 0 Å². The van der Waals surface area contributed by atoms with Crippen LogP contribution in [0.1, 0.15) is 50.1 Å². The Balaban J connectivity index is 1.78. The van der Waals surface area contributed by atoms with Gasteiger partial charge in [-0.1, -0.05) is 13.0 Å². The number of hydrogen-bond acceptors (Lipinski definition) is 4. The standard InChI is InChI=1S/C18H24N2O3/c1-3-23-18(22)14-7-5-13(8-11(14)2)17-15-6-4-12(10-21)9-16(15)19-20-17/h5,10-12,14H,3-4,6-9H2,1-2H3,(H,19,20)/t11-,12?,14+/m0/s1. The highest BCUT2D eigenvalue weighted by Gasteiger charge is 2.32. The number of esters is 1. The first kappa shape index (κ1) is 16.0. The molecule has 0 spiro atoms. The van der Waals surface area contributed by atoms with Gasteiger partial charge in [-0.3, -0.25) is 9.89 Å². The largest absolute Gasteiger partial charge is 0.466 e. The Morgan fingerprint density at radius 1 is 1.48 bits per heavy atom. The van der Waals surface area contributed by atoms with Crippen LogP contribution in [-0.2, 0) is 27.2 Å². The lowest BCUT2D eigenvalue weighted by molar-refractivity contribution is -0.149. The average molecular weight is 316 g/mol. The zero-order valence-corrected chi connectivity index (χ0v) is 13.8. The molecule has 2 aliphatic rings. The first-order valence-electron chi connectivity index (χ1n) is 8.51. The van der Waals surface area contributed by atoms with Gasteiger partial charge in [-0.15, -0.1) is 0 Å². The molecule has 124 valence electrons. The number of fused-ring (bicyclic) bond motifs is 1. The summed E-state index contributed by atoms with van der Waals surface area (Å²) in [6.45, 7) is 4.38. The first-order chi connectivity index (χ1) is 11.1.